The van der Waals surface area contributed by atoms with E-state index in [1.165, 1.54) is 29.5 Å². The number of hydrogen-bond donors (Lipinski definition) is 1. The number of aliphatic carboxylic acids is 1. The Hall–Kier alpha value is -3.48. The molecule has 2 aromatic carbocycles. The molecule has 1 unspecified atom stereocenters. The van der Waals surface area contributed by atoms with E-state index in [9.17, 15) is 19.1 Å². The van der Waals surface area contributed by atoms with Gasteiger partial charge in [0.05, 0.1) is 18.5 Å². The SMILES string of the molecule is CN(C)C(=O)c1ccccc1-c1cc(F)cc(C(CC(=O)O)c2ncco2)c1. The van der Waals surface area contributed by atoms with Crippen LogP contribution in [0.3, 0.4) is 0 Å². The lowest BCUT2D eigenvalue weighted by atomic mass is 9.90. The number of amides is 1. The van der Waals surface area contributed by atoms with Gasteiger partial charge in [-0.05, 0) is 34.9 Å². The normalized spacial score (nSPS) is 11.8. The molecule has 6 nitrogen and oxygen atoms in total. The molecule has 0 aliphatic heterocycles. The standard InChI is InChI=1S/C21H19FN2O4/c1-24(2)21(27)17-6-4-3-5-16(17)13-9-14(11-15(22)10-13)18(12-19(25)26)20-23-7-8-28-20/h3-11,18H,12H2,1-2H3,(H,25,26). The van der Waals surface area contributed by atoms with Crippen molar-refractivity contribution in [2.75, 3.05) is 14.1 Å². The molecule has 0 saturated heterocycles. The molecule has 0 saturated carbocycles. The first-order valence-electron chi connectivity index (χ1n) is 8.59. The lowest BCUT2D eigenvalue weighted by molar-refractivity contribution is -0.137. The van der Waals surface area contributed by atoms with Crippen molar-refractivity contribution < 1.29 is 23.5 Å². The Morgan fingerprint density at radius 1 is 1.21 bits per heavy atom. The van der Waals surface area contributed by atoms with E-state index in [1.807, 2.05) is 0 Å². The zero-order valence-electron chi connectivity index (χ0n) is 15.4. The van der Waals surface area contributed by atoms with Gasteiger partial charge in [-0.15, -0.1) is 0 Å². The molecule has 7 heteroatoms. The number of oxazole rings is 1. The fourth-order valence-corrected chi connectivity index (χ4v) is 3.06. The van der Waals surface area contributed by atoms with Crippen molar-refractivity contribution in [1.29, 1.82) is 0 Å². The third-order valence-electron chi connectivity index (χ3n) is 4.33. The molecular weight excluding hydrogens is 363 g/mol. The van der Waals surface area contributed by atoms with Gasteiger partial charge in [0.1, 0.15) is 12.1 Å². The molecular formula is C21H19FN2O4. The van der Waals surface area contributed by atoms with Crippen molar-refractivity contribution in [2.24, 2.45) is 0 Å². The second kappa shape index (κ2) is 8.04. The lowest BCUT2D eigenvalue weighted by Gasteiger charge is -2.17. The Morgan fingerprint density at radius 2 is 1.96 bits per heavy atom. The smallest absolute Gasteiger partial charge is 0.304 e. The van der Waals surface area contributed by atoms with Gasteiger partial charge in [-0.3, -0.25) is 9.59 Å². The van der Waals surface area contributed by atoms with Gasteiger partial charge in [0.15, 0.2) is 0 Å². The summed E-state index contributed by atoms with van der Waals surface area (Å²) in [6, 6.07) is 11.1. The number of hydrogen-bond acceptors (Lipinski definition) is 4. The number of rotatable bonds is 6. The summed E-state index contributed by atoms with van der Waals surface area (Å²) in [6.45, 7) is 0. The highest BCUT2D eigenvalue weighted by Crippen LogP contribution is 2.33. The summed E-state index contributed by atoms with van der Waals surface area (Å²) in [4.78, 5) is 29.3. The van der Waals surface area contributed by atoms with Crippen molar-refractivity contribution in [1.82, 2.24) is 9.88 Å². The van der Waals surface area contributed by atoms with E-state index in [4.69, 9.17) is 4.42 Å². The van der Waals surface area contributed by atoms with Crippen LogP contribution >= 0.6 is 0 Å². The molecule has 3 rings (SSSR count). The van der Waals surface area contributed by atoms with Crippen LogP contribution in [0.4, 0.5) is 4.39 Å². The maximum absolute atomic E-state index is 14.5. The Kier molecular flexibility index (Phi) is 5.54. The van der Waals surface area contributed by atoms with E-state index in [2.05, 4.69) is 4.98 Å². The van der Waals surface area contributed by atoms with Gasteiger partial charge < -0.3 is 14.4 Å². The lowest BCUT2D eigenvalue weighted by Crippen LogP contribution is -2.22. The molecule has 0 radical (unpaired) electrons. The average Bonchev–Trinajstić information content (AvgIpc) is 3.19. The number of aromatic nitrogens is 1. The molecule has 28 heavy (non-hydrogen) atoms. The van der Waals surface area contributed by atoms with Crippen LogP contribution in [0.25, 0.3) is 11.1 Å². The summed E-state index contributed by atoms with van der Waals surface area (Å²) in [5.74, 6) is -2.37. The second-order valence-corrected chi connectivity index (χ2v) is 6.54. The van der Waals surface area contributed by atoms with Crippen molar-refractivity contribution in [2.45, 2.75) is 12.3 Å². The van der Waals surface area contributed by atoms with Crippen LogP contribution < -0.4 is 0 Å². The topological polar surface area (TPSA) is 83.6 Å². The predicted molar refractivity (Wildman–Crippen MR) is 100 cm³/mol. The number of carboxylic acids is 1. The van der Waals surface area contributed by atoms with Gasteiger partial charge in [-0.1, -0.05) is 24.3 Å². The molecule has 1 atom stereocenters. The molecule has 1 aromatic heterocycles. The van der Waals surface area contributed by atoms with Gasteiger partial charge in [0.25, 0.3) is 5.91 Å². The fraction of sp³-hybridized carbons (Fsp3) is 0.190. The van der Waals surface area contributed by atoms with E-state index in [0.717, 1.165) is 0 Å². The van der Waals surface area contributed by atoms with Crippen molar-refractivity contribution in [3.8, 4) is 11.1 Å². The summed E-state index contributed by atoms with van der Waals surface area (Å²) >= 11 is 0. The first-order valence-corrected chi connectivity index (χ1v) is 8.59. The largest absolute Gasteiger partial charge is 0.481 e. The first kappa shape index (κ1) is 19.3. The van der Waals surface area contributed by atoms with Crippen LogP contribution in [0.5, 0.6) is 0 Å². The Balaban J connectivity index is 2.12. The van der Waals surface area contributed by atoms with Crippen molar-refractivity contribution in [3.05, 3.63) is 77.8 Å². The van der Waals surface area contributed by atoms with E-state index < -0.39 is 17.7 Å². The zero-order valence-corrected chi connectivity index (χ0v) is 15.4. The van der Waals surface area contributed by atoms with E-state index in [-0.39, 0.29) is 18.2 Å². The molecule has 0 bridgehead atoms. The highest BCUT2D eigenvalue weighted by molar-refractivity contribution is 6.00. The minimum Gasteiger partial charge on any atom is -0.481 e. The molecule has 1 amide bonds. The molecule has 1 heterocycles. The summed E-state index contributed by atoms with van der Waals surface area (Å²) in [7, 11) is 3.28. The highest BCUT2D eigenvalue weighted by atomic mass is 19.1. The average molecular weight is 382 g/mol. The monoisotopic (exact) mass is 382 g/mol. The van der Waals surface area contributed by atoms with Crippen LogP contribution in [0.15, 0.2) is 59.3 Å². The van der Waals surface area contributed by atoms with Crippen LogP contribution in [-0.2, 0) is 4.79 Å². The number of halogens is 1. The van der Waals surface area contributed by atoms with Gasteiger partial charge in [0, 0.05) is 19.7 Å². The third-order valence-corrected chi connectivity index (χ3v) is 4.33. The van der Waals surface area contributed by atoms with E-state index in [0.29, 0.717) is 22.3 Å². The quantitative estimate of drug-likeness (QED) is 0.701. The maximum atomic E-state index is 14.5. The molecule has 3 aromatic rings. The molecule has 0 aliphatic carbocycles. The minimum absolute atomic E-state index is 0.191. The first-order chi connectivity index (χ1) is 13.4. The fourth-order valence-electron chi connectivity index (χ4n) is 3.06. The zero-order chi connectivity index (χ0) is 20.3. The van der Waals surface area contributed by atoms with Crippen molar-refractivity contribution >= 4 is 11.9 Å². The number of benzene rings is 2. The summed E-state index contributed by atoms with van der Waals surface area (Å²) in [6.07, 6.45) is 2.45. The molecule has 1 N–H and O–H groups in total. The van der Waals surface area contributed by atoms with Crippen molar-refractivity contribution in [3.63, 3.8) is 0 Å². The summed E-state index contributed by atoms with van der Waals surface area (Å²) in [5, 5.41) is 9.26. The van der Waals surface area contributed by atoms with Gasteiger partial charge in [-0.25, -0.2) is 9.37 Å². The Morgan fingerprint density at radius 3 is 2.61 bits per heavy atom. The number of nitrogens with zero attached hydrogens (tertiary/aromatic N) is 2. The van der Waals surface area contributed by atoms with E-state index >= 15 is 0 Å². The molecule has 0 spiro atoms. The molecule has 0 fully saturated rings. The van der Waals surface area contributed by atoms with Crippen LogP contribution in [0, 0.1) is 5.82 Å². The Labute approximate surface area is 161 Å². The number of carbonyl (C=O) groups excluding carboxylic acids is 1. The summed E-state index contributed by atoms with van der Waals surface area (Å²) < 4.78 is 19.7. The van der Waals surface area contributed by atoms with Gasteiger partial charge >= 0.3 is 5.97 Å². The maximum Gasteiger partial charge on any atom is 0.304 e. The second-order valence-electron chi connectivity index (χ2n) is 6.54. The highest BCUT2D eigenvalue weighted by Gasteiger charge is 2.24. The third kappa shape index (κ3) is 4.09. The Bertz CT molecular complexity index is 999. The van der Waals surface area contributed by atoms with Crippen LogP contribution in [0.1, 0.15) is 34.2 Å². The summed E-state index contributed by atoms with van der Waals surface area (Å²) in [5.41, 5.74) is 1.87. The van der Waals surface area contributed by atoms with Gasteiger partial charge in [-0.2, -0.15) is 0 Å². The van der Waals surface area contributed by atoms with E-state index in [1.54, 1.807) is 44.4 Å². The van der Waals surface area contributed by atoms with Gasteiger partial charge in [0.2, 0.25) is 5.89 Å². The molecule has 0 aliphatic rings. The minimum atomic E-state index is -1.06. The molecule has 144 valence electrons. The van der Waals surface area contributed by atoms with Crippen LogP contribution in [-0.4, -0.2) is 41.0 Å². The number of carboxylic acid groups (broad SMARTS) is 1. The van der Waals surface area contributed by atoms with Crippen LogP contribution in [0.2, 0.25) is 0 Å². The number of carbonyl (C=O) groups is 2. The predicted octanol–water partition coefficient (Wildman–Crippen LogP) is 3.79.